The van der Waals surface area contributed by atoms with Gasteiger partial charge in [0, 0.05) is 31.8 Å². The highest BCUT2D eigenvalue weighted by Crippen LogP contribution is 2.23. The third-order valence-corrected chi connectivity index (χ3v) is 4.80. The first-order chi connectivity index (χ1) is 12.3. The first-order valence-corrected chi connectivity index (χ1v) is 9.21. The molecule has 134 valence electrons. The van der Waals surface area contributed by atoms with E-state index in [0.29, 0.717) is 19.6 Å². The molecule has 25 heavy (non-hydrogen) atoms. The Labute approximate surface area is 149 Å². The summed E-state index contributed by atoms with van der Waals surface area (Å²) in [6, 6.07) is 10.3. The van der Waals surface area contributed by atoms with Crippen molar-refractivity contribution in [3.8, 4) is 0 Å². The highest BCUT2D eigenvalue weighted by atomic mass is 16.5. The van der Waals surface area contributed by atoms with Crippen LogP contribution in [0, 0.1) is 0 Å². The molecule has 1 aromatic carbocycles. The Balaban J connectivity index is 1.45. The lowest BCUT2D eigenvalue weighted by atomic mass is 10.2. The van der Waals surface area contributed by atoms with Gasteiger partial charge < -0.3 is 14.6 Å². The average Bonchev–Trinajstić information content (AvgIpc) is 3.28. The maximum Gasteiger partial charge on any atom is 0.222 e. The van der Waals surface area contributed by atoms with Gasteiger partial charge in [-0.3, -0.25) is 4.79 Å². The molecule has 5 nitrogen and oxygen atoms in total. The number of amides is 1. The van der Waals surface area contributed by atoms with Crippen molar-refractivity contribution >= 4 is 5.91 Å². The second-order valence-electron chi connectivity index (χ2n) is 6.58. The van der Waals surface area contributed by atoms with Crippen LogP contribution in [0.4, 0.5) is 0 Å². The fourth-order valence-electron chi connectivity index (χ4n) is 3.43. The number of aromatic nitrogens is 2. The van der Waals surface area contributed by atoms with E-state index in [1.807, 2.05) is 24.4 Å². The van der Waals surface area contributed by atoms with Crippen LogP contribution >= 0.6 is 0 Å². The maximum atomic E-state index is 12.3. The molecular weight excluding hydrogens is 314 g/mol. The average molecular weight is 341 g/mol. The zero-order valence-electron chi connectivity index (χ0n) is 14.9. The molecule has 0 spiro atoms. The SMILES string of the molecule is CCc1nccn1CCC(=O)N[C@@H]1CCC[C@H]1OCc1ccccc1. The standard InChI is InChI=1S/C20H27N3O2/c1-2-19-21-12-14-23(19)13-11-20(24)22-17-9-6-10-18(17)25-15-16-7-4-3-5-8-16/h3-5,7-8,12,14,17-18H,2,6,9-11,13,15H2,1H3,(H,22,24)/t17-,18-/m1/s1. The van der Waals surface area contributed by atoms with Crippen molar-refractivity contribution in [2.45, 2.75) is 64.3 Å². The molecular formula is C20H27N3O2. The monoisotopic (exact) mass is 341 g/mol. The molecule has 1 saturated carbocycles. The molecule has 1 heterocycles. The van der Waals surface area contributed by atoms with Gasteiger partial charge in [0.05, 0.1) is 18.8 Å². The van der Waals surface area contributed by atoms with Gasteiger partial charge in [-0.05, 0) is 24.8 Å². The van der Waals surface area contributed by atoms with Crippen molar-refractivity contribution in [1.29, 1.82) is 0 Å². The van der Waals surface area contributed by atoms with Crippen LogP contribution in [0.15, 0.2) is 42.7 Å². The Morgan fingerprint density at radius 2 is 2.16 bits per heavy atom. The Morgan fingerprint density at radius 3 is 2.96 bits per heavy atom. The van der Waals surface area contributed by atoms with Crippen LogP contribution in [-0.4, -0.2) is 27.6 Å². The van der Waals surface area contributed by atoms with Crippen LogP contribution in [0.1, 0.15) is 44.0 Å². The van der Waals surface area contributed by atoms with E-state index < -0.39 is 0 Å². The van der Waals surface area contributed by atoms with Crippen molar-refractivity contribution < 1.29 is 9.53 Å². The van der Waals surface area contributed by atoms with E-state index in [4.69, 9.17) is 4.74 Å². The molecule has 1 aromatic heterocycles. The van der Waals surface area contributed by atoms with Crippen molar-refractivity contribution in [2.75, 3.05) is 0 Å². The number of ether oxygens (including phenoxy) is 1. The fraction of sp³-hybridized carbons (Fsp3) is 0.500. The van der Waals surface area contributed by atoms with E-state index in [2.05, 4.69) is 33.9 Å². The normalized spacial score (nSPS) is 19.9. The Bertz CT molecular complexity index is 669. The number of nitrogens with zero attached hydrogens (tertiary/aromatic N) is 2. The summed E-state index contributed by atoms with van der Waals surface area (Å²) in [5, 5.41) is 3.17. The second kappa shape index (κ2) is 8.81. The van der Waals surface area contributed by atoms with Crippen LogP contribution in [0.5, 0.6) is 0 Å². The molecule has 1 fully saturated rings. The van der Waals surface area contributed by atoms with Gasteiger partial charge in [0.15, 0.2) is 0 Å². The predicted molar refractivity (Wildman–Crippen MR) is 97.0 cm³/mol. The highest BCUT2D eigenvalue weighted by Gasteiger charge is 2.29. The third-order valence-electron chi connectivity index (χ3n) is 4.80. The Morgan fingerprint density at radius 1 is 1.32 bits per heavy atom. The van der Waals surface area contributed by atoms with Gasteiger partial charge in [0.2, 0.25) is 5.91 Å². The van der Waals surface area contributed by atoms with Crippen LogP contribution in [0.3, 0.4) is 0 Å². The van der Waals surface area contributed by atoms with Gasteiger partial charge in [0.25, 0.3) is 0 Å². The molecule has 2 atom stereocenters. The number of aryl methyl sites for hydroxylation is 2. The summed E-state index contributed by atoms with van der Waals surface area (Å²) in [5.41, 5.74) is 1.17. The zero-order chi connectivity index (χ0) is 17.5. The molecule has 0 bridgehead atoms. The van der Waals surface area contributed by atoms with Crippen molar-refractivity contribution in [2.24, 2.45) is 0 Å². The lowest BCUT2D eigenvalue weighted by molar-refractivity contribution is -0.123. The van der Waals surface area contributed by atoms with Gasteiger partial charge >= 0.3 is 0 Å². The smallest absolute Gasteiger partial charge is 0.222 e. The first-order valence-electron chi connectivity index (χ1n) is 9.21. The highest BCUT2D eigenvalue weighted by molar-refractivity contribution is 5.76. The van der Waals surface area contributed by atoms with E-state index in [0.717, 1.165) is 31.5 Å². The van der Waals surface area contributed by atoms with E-state index in [1.54, 1.807) is 6.20 Å². The summed E-state index contributed by atoms with van der Waals surface area (Å²) >= 11 is 0. The molecule has 0 aliphatic heterocycles. The lowest BCUT2D eigenvalue weighted by Gasteiger charge is -2.22. The maximum absolute atomic E-state index is 12.3. The number of rotatable bonds is 8. The molecule has 1 aliphatic rings. The van der Waals surface area contributed by atoms with Crippen molar-refractivity contribution in [1.82, 2.24) is 14.9 Å². The van der Waals surface area contributed by atoms with E-state index in [9.17, 15) is 4.79 Å². The predicted octanol–water partition coefficient (Wildman–Crippen LogP) is 3.09. The van der Waals surface area contributed by atoms with Crippen LogP contribution in [-0.2, 0) is 29.1 Å². The van der Waals surface area contributed by atoms with Gasteiger partial charge in [-0.1, -0.05) is 37.3 Å². The van der Waals surface area contributed by atoms with Crippen LogP contribution in [0.25, 0.3) is 0 Å². The fourth-order valence-corrected chi connectivity index (χ4v) is 3.43. The van der Waals surface area contributed by atoms with Gasteiger partial charge in [-0.2, -0.15) is 0 Å². The number of benzene rings is 1. The summed E-state index contributed by atoms with van der Waals surface area (Å²) in [4.78, 5) is 16.6. The number of hydrogen-bond donors (Lipinski definition) is 1. The summed E-state index contributed by atoms with van der Waals surface area (Å²) < 4.78 is 8.11. The van der Waals surface area contributed by atoms with Crippen LogP contribution < -0.4 is 5.32 Å². The van der Waals surface area contributed by atoms with Gasteiger partial charge in [-0.15, -0.1) is 0 Å². The molecule has 1 aliphatic carbocycles. The zero-order valence-corrected chi connectivity index (χ0v) is 14.9. The summed E-state index contributed by atoms with van der Waals surface area (Å²) in [6.07, 6.45) is 8.32. The van der Waals surface area contributed by atoms with E-state index in [1.165, 1.54) is 5.56 Å². The quantitative estimate of drug-likeness (QED) is 0.803. The minimum absolute atomic E-state index is 0.0935. The number of carbonyl (C=O) groups is 1. The second-order valence-corrected chi connectivity index (χ2v) is 6.58. The molecule has 1 N–H and O–H groups in total. The van der Waals surface area contributed by atoms with E-state index >= 15 is 0 Å². The Hall–Kier alpha value is -2.14. The van der Waals surface area contributed by atoms with Gasteiger partial charge in [-0.25, -0.2) is 4.98 Å². The molecule has 0 unspecified atom stereocenters. The number of nitrogens with one attached hydrogen (secondary N) is 1. The van der Waals surface area contributed by atoms with Crippen LogP contribution in [0.2, 0.25) is 0 Å². The summed E-state index contributed by atoms with van der Waals surface area (Å²) in [6.45, 7) is 3.36. The number of hydrogen-bond acceptors (Lipinski definition) is 3. The van der Waals surface area contributed by atoms with E-state index in [-0.39, 0.29) is 18.1 Å². The topological polar surface area (TPSA) is 56.2 Å². The van der Waals surface area contributed by atoms with Gasteiger partial charge in [0.1, 0.15) is 5.82 Å². The Kier molecular flexibility index (Phi) is 6.23. The molecule has 3 rings (SSSR count). The first kappa shape index (κ1) is 17.7. The minimum Gasteiger partial charge on any atom is -0.371 e. The number of carbonyl (C=O) groups excluding carboxylic acids is 1. The summed E-state index contributed by atoms with van der Waals surface area (Å²) in [7, 11) is 0. The minimum atomic E-state index is 0.0935. The largest absolute Gasteiger partial charge is 0.371 e. The molecule has 0 saturated heterocycles. The molecule has 5 heteroatoms. The molecule has 1 amide bonds. The van der Waals surface area contributed by atoms with Crippen molar-refractivity contribution in [3.63, 3.8) is 0 Å². The summed E-state index contributed by atoms with van der Waals surface area (Å²) in [5.74, 6) is 1.12. The van der Waals surface area contributed by atoms with Crippen molar-refractivity contribution in [3.05, 3.63) is 54.1 Å². The lowest BCUT2D eigenvalue weighted by Crippen LogP contribution is -2.41. The third kappa shape index (κ3) is 4.92. The number of imidazole rings is 1. The molecule has 2 aromatic rings. The molecule has 0 radical (unpaired) electrons.